The molecule has 0 bridgehead atoms. The number of likely N-dealkylation sites (tertiary alicyclic amines) is 1. The van der Waals surface area contributed by atoms with Crippen LogP contribution in [0.2, 0.25) is 0 Å². The van der Waals surface area contributed by atoms with Crippen molar-refractivity contribution < 1.29 is 0 Å². The molecule has 0 aliphatic carbocycles. The number of nitrogens with zero attached hydrogens (tertiary/aromatic N) is 4. The molecular weight excluding hydrogens is 292 g/mol. The van der Waals surface area contributed by atoms with E-state index in [-0.39, 0.29) is 0 Å². The maximum Gasteiger partial charge on any atom is 0.0897 e. The Labute approximate surface area is 136 Å². The summed E-state index contributed by atoms with van der Waals surface area (Å²) >= 11 is 1.73. The van der Waals surface area contributed by atoms with Gasteiger partial charge in [-0.15, -0.1) is 11.3 Å². The number of pyridine rings is 1. The fraction of sp³-hybridized carbons (Fsp3) is 0.529. The molecule has 2 atom stereocenters. The average molecular weight is 316 g/mol. The molecule has 0 amide bonds. The van der Waals surface area contributed by atoms with Gasteiger partial charge in [-0.3, -0.25) is 9.88 Å². The summed E-state index contributed by atoms with van der Waals surface area (Å²) in [6.07, 6.45) is 5.12. The predicted molar refractivity (Wildman–Crippen MR) is 90.9 cm³/mol. The lowest BCUT2D eigenvalue weighted by Gasteiger charge is -2.28. The summed E-state index contributed by atoms with van der Waals surface area (Å²) in [5, 5.41) is 3.32. The molecule has 22 heavy (non-hydrogen) atoms. The first kappa shape index (κ1) is 15.6. The van der Waals surface area contributed by atoms with Crippen molar-refractivity contribution >= 4 is 11.3 Å². The molecule has 0 unspecified atom stereocenters. The number of rotatable bonds is 5. The van der Waals surface area contributed by atoms with Gasteiger partial charge in [-0.2, -0.15) is 0 Å². The second-order valence-electron chi connectivity index (χ2n) is 6.32. The minimum absolute atomic E-state index is 0.480. The lowest BCUT2D eigenvalue weighted by Crippen LogP contribution is -2.30. The summed E-state index contributed by atoms with van der Waals surface area (Å²) in [7, 11) is 4.43. The molecule has 1 saturated heterocycles. The summed E-state index contributed by atoms with van der Waals surface area (Å²) in [6.45, 7) is 5.26. The van der Waals surface area contributed by atoms with Gasteiger partial charge in [-0.25, -0.2) is 4.98 Å². The standard InChI is InChI=1S/C17H24N4S/c1-13-19-16(12-22-13)11-20(2)10-15-6-8-21(3)17(15)14-5-4-7-18-9-14/h4-5,7,9,12,15,17H,6,8,10-11H2,1-3H3/t15-,17-/m0/s1. The SMILES string of the molecule is Cc1nc(CN(C)C[C@@H]2CCN(C)[C@H]2c2cccnc2)cs1. The molecule has 2 aromatic rings. The van der Waals surface area contributed by atoms with E-state index in [1.54, 1.807) is 11.3 Å². The van der Waals surface area contributed by atoms with Crippen LogP contribution >= 0.6 is 11.3 Å². The number of hydrogen-bond donors (Lipinski definition) is 0. The summed E-state index contributed by atoms with van der Waals surface area (Å²) in [6, 6.07) is 4.73. The van der Waals surface area contributed by atoms with Gasteiger partial charge < -0.3 is 4.90 Å². The van der Waals surface area contributed by atoms with Gasteiger partial charge in [-0.1, -0.05) is 6.07 Å². The van der Waals surface area contributed by atoms with E-state index in [0.29, 0.717) is 12.0 Å². The molecule has 0 N–H and O–H groups in total. The lowest BCUT2D eigenvalue weighted by molar-refractivity contribution is 0.212. The molecule has 0 saturated carbocycles. The van der Waals surface area contributed by atoms with E-state index >= 15 is 0 Å². The minimum Gasteiger partial charge on any atom is -0.300 e. The highest BCUT2D eigenvalue weighted by molar-refractivity contribution is 7.09. The second kappa shape index (κ2) is 6.86. The molecule has 1 aliphatic heterocycles. The van der Waals surface area contributed by atoms with E-state index in [1.165, 1.54) is 17.7 Å². The van der Waals surface area contributed by atoms with Gasteiger partial charge >= 0.3 is 0 Å². The maximum atomic E-state index is 4.57. The Morgan fingerprint density at radius 1 is 1.45 bits per heavy atom. The lowest BCUT2D eigenvalue weighted by atomic mass is 9.94. The summed E-state index contributed by atoms with van der Waals surface area (Å²) in [5.41, 5.74) is 2.53. The first-order valence-corrected chi connectivity index (χ1v) is 8.71. The van der Waals surface area contributed by atoms with Crippen molar-refractivity contribution in [3.8, 4) is 0 Å². The van der Waals surface area contributed by atoms with Crippen molar-refractivity contribution in [3.05, 3.63) is 46.2 Å². The molecule has 5 heteroatoms. The summed E-state index contributed by atoms with van der Waals surface area (Å²) in [4.78, 5) is 13.7. The molecule has 2 aromatic heterocycles. The van der Waals surface area contributed by atoms with E-state index in [9.17, 15) is 0 Å². The maximum absolute atomic E-state index is 4.57. The number of hydrogen-bond acceptors (Lipinski definition) is 5. The minimum atomic E-state index is 0.480. The molecule has 0 aromatic carbocycles. The second-order valence-corrected chi connectivity index (χ2v) is 7.38. The average Bonchev–Trinajstić information content (AvgIpc) is 3.06. The van der Waals surface area contributed by atoms with Crippen LogP contribution in [0.1, 0.15) is 28.7 Å². The number of thiazole rings is 1. The third-order valence-electron chi connectivity index (χ3n) is 4.44. The Balaban J connectivity index is 1.65. The van der Waals surface area contributed by atoms with E-state index in [2.05, 4.69) is 52.2 Å². The Kier molecular flexibility index (Phi) is 4.86. The monoisotopic (exact) mass is 316 g/mol. The smallest absolute Gasteiger partial charge is 0.0897 e. The zero-order valence-electron chi connectivity index (χ0n) is 13.6. The third-order valence-corrected chi connectivity index (χ3v) is 5.27. The first-order valence-electron chi connectivity index (χ1n) is 7.83. The van der Waals surface area contributed by atoms with Crippen molar-refractivity contribution in [2.45, 2.75) is 25.9 Å². The van der Waals surface area contributed by atoms with Gasteiger partial charge in [0.05, 0.1) is 10.7 Å². The highest BCUT2D eigenvalue weighted by Gasteiger charge is 2.33. The predicted octanol–water partition coefficient (Wildman–Crippen LogP) is 2.97. The molecular formula is C17H24N4S. The first-order chi connectivity index (χ1) is 10.6. The van der Waals surface area contributed by atoms with Crippen LogP contribution in [-0.2, 0) is 6.54 Å². The molecule has 1 fully saturated rings. The third kappa shape index (κ3) is 3.54. The molecule has 0 spiro atoms. The highest BCUT2D eigenvalue weighted by atomic mass is 32.1. The Hall–Kier alpha value is -1.30. The van der Waals surface area contributed by atoms with E-state index < -0.39 is 0 Å². The largest absolute Gasteiger partial charge is 0.300 e. The van der Waals surface area contributed by atoms with Crippen LogP contribution in [0, 0.1) is 12.8 Å². The van der Waals surface area contributed by atoms with Gasteiger partial charge in [-0.05, 0) is 51.5 Å². The molecule has 1 aliphatic rings. The molecule has 3 rings (SSSR count). The Bertz CT molecular complexity index is 598. The van der Waals surface area contributed by atoms with Gasteiger partial charge in [0.25, 0.3) is 0 Å². The summed E-state index contributed by atoms with van der Waals surface area (Å²) < 4.78 is 0. The Morgan fingerprint density at radius 2 is 2.32 bits per heavy atom. The zero-order chi connectivity index (χ0) is 15.5. The van der Waals surface area contributed by atoms with Gasteiger partial charge in [0.2, 0.25) is 0 Å². The topological polar surface area (TPSA) is 32.3 Å². The number of aryl methyl sites for hydroxylation is 1. The zero-order valence-corrected chi connectivity index (χ0v) is 14.4. The fourth-order valence-corrected chi connectivity index (χ4v) is 4.12. The van der Waals surface area contributed by atoms with Crippen LogP contribution in [0.5, 0.6) is 0 Å². The van der Waals surface area contributed by atoms with Crippen molar-refractivity contribution in [2.24, 2.45) is 5.92 Å². The van der Waals surface area contributed by atoms with Crippen LogP contribution in [0.15, 0.2) is 29.9 Å². The number of aromatic nitrogens is 2. The van der Waals surface area contributed by atoms with Crippen molar-refractivity contribution in [1.29, 1.82) is 0 Å². The van der Waals surface area contributed by atoms with Gasteiger partial charge in [0, 0.05) is 36.9 Å². The molecule has 3 heterocycles. The van der Waals surface area contributed by atoms with Crippen LogP contribution in [-0.4, -0.2) is 47.0 Å². The fourth-order valence-electron chi connectivity index (χ4n) is 3.52. The summed E-state index contributed by atoms with van der Waals surface area (Å²) in [5.74, 6) is 0.652. The normalized spacial score (nSPS) is 22.5. The molecule has 118 valence electrons. The van der Waals surface area contributed by atoms with E-state index in [4.69, 9.17) is 0 Å². The van der Waals surface area contributed by atoms with Crippen molar-refractivity contribution in [1.82, 2.24) is 19.8 Å². The Morgan fingerprint density at radius 3 is 3.00 bits per heavy atom. The van der Waals surface area contributed by atoms with Crippen LogP contribution in [0.3, 0.4) is 0 Å². The highest BCUT2D eigenvalue weighted by Crippen LogP contribution is 2.36. The quantitative estimate of drug-likeness (QED) is 0.849. The van der Waals surface area contributed by atoms with Gasteiger partial charge in [0.15, 0.2) is 0 Å². The van der Waals surface area contributed by atoms with E-state index in [0.717, 1.165) is 24.6 Å². The van der Waals surface area contributed by atoms with Crippen LogP contribution < -0.4 is 0 Å². The van der Waals surface area contributed by atoms with Crippen LogP contribution in [0.4, 0.5) is 0 Å². The van der Waals surface area contributed by atoms with Gasteiger partial charge in [0.1, 0.15) is 0 Å². The molecule has 4 nitrogen and oxygen atoms in total. The van der Waals surface area contributed by atoms with Crippen molar-refractivity contribution in [3.63, 3.8) is 0 Å². The van der Waals surface area contributed by atoms with Crippen LogP contribution in [0.25, 0.3) is 0 Å². The van der Waals surface area contributed by atoms with E-state index in [1.807, 2.05) is 18.5 Å². The molecule has 0 radical (unpaired) electrons. The van der Waals surface area contributed by atoms with Crippen molar-refractivity contribution in [2.75, 3.05) is 27.2 Å².